The average Bonchev–Trinajstić information content (AvgIpc) is 3.10. The Labute approximate surface area is 223 Å². The second-order valence-electron chi connectivity index (χ2n) is 8.86. The third-order valence-electron chi connectivity index (χ3n) is 6.51. The standard InChI is InChI=1S/C29H26FN3O4S/c1-3-37-29(36)19-10-14-21(15-11-19)33-24(34)17-38-28-25(22-6-4-5-7-23(22)32(28)2)26(33)27(35)31-16-18-8-12-20(30)13-9-18/h4-15,26H,3,16-17H2,1-2H3,(H,31,35)/t26-/m0/s1. The second kappa shape index (κ2) is 10.7. The molecule has 0 saturated carbocycles. The summed E-state index contributed by atoms with van der Waals surface area (Å²) in [4.78, 5) is 41.2. The number of aryl methyl sites for hydroxylation is 1. The van der Waals surface area contributed by atoms with Crippen molar-refractivity contribution in [2.45, 2.75) is 24.5 Å². The first-order valence-corrected chi connectivity index (χ1v) is 13.2. The van der Waals surface area contributed by atoms with E-state index in [1.165, 1.54) is 28.8 Å². The van der Waals surface area contributed by atoms with Crippen molar-refractivity contribution in [3.63, 3.8) is 0 Å². The molecule has 0 bridgehead atoms. The van der Waals surface area contributed by atoms with Gasteiger partial charge in [0.15, 0.2) is 0 Å². The number of carbonyl (C=O) groups is 3. The highest BCUT2D eigenvalue weighted by Gasteiger charge is 2.39. The monoisotopic (exact) mass is 531 g/mol. The Balaban J connectivity index is 1.59. The fourth-order valence-electron chi connectivity index (χ4n) is 4.71. The van der Waals surface area contributed by atoms with Gasteiger partial charge in [0.1, 0.15) is 11.9 Å². The molecule has 3 aromatic carbocycles. The largest absolute Gasteiger partial charge is 0.462 e. The number of amides is 2. The lowest BCUT2D eigenvalue weighted by Gasteiger charge is -2.30. The minimum Gasteiger partial charge on any atom is -0.462 e. The number of hydrogen-bond acceptors (Lipinski definition) is 5. The van der Waals surface area contributed by atoms with Crippen LogP contribution in [0.4, 0.5) is 10.1 Å². The van der Waals surface area contributed by atoms with Crippen LogP contribution in [0, 0.1) is 5.82 Å². The minimum absolute atomic E-state index is 0.137. The van der Waals surface area contributed by atoms with Crippen molar-refractivity contribution < 1.29 is 23.5 Å². The maximum Gasteiger partial charge on any atom is 0.338 e. The van der Waals surface area contributed by atoms with Crippen molar-refractivity contribution in [1.29, 1.82) is 0 Å². The van der Waals surface area contributed by atoms with Crippen LogP contribution < -0.4 is 10.2 Å². The van der Waals surface area contributed by atoms with Gasteiger partial charge in [-0.05, 0) is 55.0 Å². The van der Waals surface area contributed by atoms with Gasteiger partial charge < -0.3 is 14.6 Å². The number of aromatic nitrogens is 1. The smallest absolute Gasteiger partial charge is 0.338 e. The quantitative estimate of drug-likeness (QED) is 0.355. The van der Waals surface area contributed by atoms with Crippen molar-refractivity contribution in [2.75, 3.05) is 17.3 Å². The van der Waals surface area contributed by atoms with Crippen LogP contribution in [0.25, 0.3) is 10.9 Å². The molecule has 7 nitrogen and oxygen atoms in total. The van der Waals surface area contributed by atoms with Crippen LogP contribution in [0.1, 0.15) is 34.5 Å². The molecule has 0 spiro atoms. The first-order chi connectivity index (χ1) is 18.4. The van der Waals surface area contributed by atoms with Crippen molar-refractivity contribution >= 4 is 46.1 Å². The number of rotatable bonds is 6. The number of nitrogens with zero attached hydrogens (tertiary/aromatic N) is 2. The van der Waals surface area contributed by atoms with Crippen molar-refractivity contribution in [3.05, 3.63) is 95.3 Å². The SMILES string of the molecule is CCOC(=O)c1ccc(N2C(=O)CSc3c(c4ccccc4n3C)[C@H]2C(=O)NCc2ccc(F)cc2)cc1. The first-order valence-electron chi connectivity index (χ1n) is 12.2. The summed E-state index contributed by atoms with van der Waals surface area (Å²) in [7, 11) is 1.93. The zero-order chi connectivity index (χ0) is 26.8. The van der Waals surface area contributed by atoms with Gasteiger partial charge in [0.2, 0.25) is 11.8 Å². The topological polar surface area (TPSA) is 80.6 Å². The molecule has 1 N–H and O–H groups in total. The van der Waals surface area contributed by atoms with Gasteiger partial charge in [-0.3, -0.25) is 14.5 Å². The zero-order valence-corrected chi connectivity index (χ0v) is 21.8. The van der Waals surface area contributed by atoms with Gasteiger partial charge in [-0.2, -0.15) is 0 Å². The van der Waals surface area contributed by atoms with Crippen LogP contribution in [0.2, 0.25) is 0 Å². The molecule has 0 unspecified atom stereocenters. The Morgan fingerprint density at radius 1 is 1.05 bits per heavy atom. The Morgan fingerprint density at radius 2 is 1.76 bits per heavy atom. The summed E-state index contributed by atoms with van der Waals surface area (Å²) in [5.41, 5.74) is 3.28. The molecule has 4 aromatic rings. The first kappa shape index (κ1) is 25.5. The van der Waals surface area contributed by atoms with Gasteiger partial charge in [0.05, 0.1) is 22.9 Å². The molecule has 2 amide bonds. The molecule has 0 radical (unpaired) electrons. The number of thioether (sulfide) groups is 1. The minimum atomic E-state index is -0.965. The van der Waals surface area contributed by atoms with Gasteiger partial charge in [-0.15, -0.1) is 0 Å². The highest BCUT2D eigenvalue weighted by molar-refractivity contribution is 8.00. The fourth-order valence-corrected chi connectivity index (χ4v) is 5.78. The molecule has 2 heterocycles. The molecule has 5 rings (SSSR count). The lowest BCUT2D eigenvalue weighted by molar-refractivity contribution is -0.125. The van der Waals surface area contributed by atoms with E-state index in [9.17, 15) is 18.8 Å². The third-order valence-corrected chi connectivity index (χ3v) is 7.67. The summed E-state index contributed by atoms with van der Waals surface area (Å²) in [6.45, 7) is 2.16. The van der Waals surface area contributed by atoms with Crippen LogP contribution in [0.5, 0.6) is 0 Å². The van der Waals surface area contributed by atoms with Gasteiger partial charge in [-0.25, -0.2) is 9.18 Å². The summed E-state index contributed by atoms with van der Waals surface area (Å²) in [6.07, 6.45) is 0. The zero-order valence-electron chi connectivity index (χ0n) is 20.9. The summed E-state index contributed by atoms with van der Waals surface area (Å²) in [5.74, 6) is -1.28. The van der Waals surface area contributed by atoms with E-state index >= 15 is 0 Å². The molecule has 0 fully saturated rings. The molecule has 1 aromatic heterocycles. The molecule has 1 atom stereocenters. The summed E-state index contributed by atoms with van der Waals surface area (Å²) >= 11 is 1.40. The van der Waals surface area contributed by atoms with Crippen molar-refractivity contribution in [1.82, 2.24) is 9.88 Å². The third kappa shape index (κ3) is 4.77. The Kier molecular flexibility index (Phi) is 7.20. The van der Waals surface area contributed by atoms with Crippen LogP contribution in [-0.2, 0) is 27.9 Å². The van der Waals surface area contributed by atoms with E-state index in [-0.39, 0.29) is 36.5 Å². The number of benzene rings is 3. The van der Waals surface area contributed by atoms with Crippen molar-refractivity contribution in [3.8, 4) is 0 Å². The van der Waals surface area contributed by atoms with E-state index in [0.29, 0.717) is 11.3 Å². The number of carbonyl (C=O) groups excluding carboxylic acids is 3. The normalized spacial score (nSPS) is 15.2. The predicted octanol–water partition coefficient (Wildman–Crippen LogP) is 4.99. The maximum absolute atomic E-state index is 13.9. The van der Waals surface area contributed by atoms with Gasteiger partial charge in [0.25, 0.3) is 0 Å². The van der Waals surface area contributed by atoms with Crippen LogP contribution in [0.15, 0.2) is 77.8 Å². The van der Waals surface area contributed by atoms with E-state index in [2.05, 4.69) is 5.32 Å². The lowest BCUT2D eigenvalue weighted by atomic mass is 10.0. The molecule has 9 heteroatoms. The van der Waals surface area contributed by atoms with Crippen molar-refractivity contribution in [2.24, 2.45) is 7.05 Å². The van der Waals surface area contributed by atoms with E-state index in [1.54, 1.807) is 43.3 Å². The Bertz CT molecular complexity index is 1520. The molecule has 0 aliphatic carbocycles. The van der Waals surface area contributed by atoms with E-state index < -0.39 is 12.0 Å². The summed E-state index contributed by atoms with van der Waals surface area (Å²) < 4.78 is 20.5. The molecule has 194 valence electrons. The number of para-hydroxylation sites is 1. The number of esters is 1. The van der Waals surface area contributed by atoms with Crippen LogP contribution >= 0.6 is 11.8 Å². The molecule has 38 heavy (non-hydrogen) atoms. The summed E-state index contributed by atoms with van der Waals surface area (Å²) in [5, 5.41) is 4.67. The number of fused-ring (bicyclic) bond motifs is 3. The fraction of sp³-hybridized carbons (Fsp3) is 0.207. The highest BCUT2D eigenvalue weighted by Crippen LogP contribution is 2.43. The van der Waals surface area contributed by atoms with Gasteiger partial charge in [-0.1, -0.05) is 42.1 Å². The second-order valence-corrected chi connectivity index (χ2v) is 9.83. The Morgan fingerprint density at radius 3 is 2.47 bits per heavy atom. The molecular weight excluding hydrogens is 505 g/mol. The lowest BCUT2D eigenvalue weighted by Crippen LogP contribution is -2.43. The predicted molar refractivity (Wildman–Crippen MR) is 145 cm³/mol. The van der Waals surface area contributed by atoms with Gasteiger partial charge >= 0.3 is 5.97 Å². The van der Waals surface area contributed by atoms with Gasteiger partial charge in [0, 0.05) is 35.7 Å². The molecule has 0 saturated heterocycles. The molecule has 1 aliphatic rings. The average molecular weight is 532 g/mol. The van der Waals surface area contributed by atoms with Crippen LogP contribution in [-0.4, -0.2) is 34.7 Å². The van der Waals surface area contributed by atoms with E-state index in [0.717, 1.165) is 27.1 Å². The number of hydrogen-bond donors (Lipinski definition) is 1. The number of nitrogens with one attached hydrogen (secondary N) is 1. The van der Waals surface area contributed by atoms with Crippen LogP contribution in [0.3, 0.4) is 0 Å². The highest BCUT2D eigenvalue weighted by atomic mass is 32.2. The van der Waals surface area contributed by atoms with E-state index in [1.807, 2.05) is 35.9 Å². The summed E-state index contributed by atoms with van der Waals surface area (Å²) in [6, 6.07) is 19.2. The Hall–Kier alpha value is -4.11. The number of ether oxygens (including phenoxy) is 1. The number of anilines is 1. The van der Waals surface area contributed by atoms with E-state index in [4.69, 9.17) is 4.74 Å². The number of halogens is 1. The molecule has 1 aliphatic heterocycles. The molecular formula is C29H26FN3O4S. The maximum atomic E-state index is 13.9.